The number of anilines is 1. The molecule has 1 aliphatic rings. The highest BCUT2D eigenvalue weighted by molar-refractivity contribution is 7.99. The van der Waals surface area contributed by atoms with Crippen LogP contribution in [-0.4, -0.2) is 44.4 Å². The van der Waals surface area contributed by atoms with Gasteiger partial charge in [0.2, 0.25) is 0 Å². The van der Waals surface area contributed by atoms with Crippen molar-refractivity contribution in [1.82, 2.24) is 4.90 Å². The van der Waals surface area contributed by atoms with Crippen LogP contribution in [0.1, 0.15) is 5.56 Å². The summed E-state index contributed by atoms with van der Waals surface area (Å²) in [6.07, 6.45) is 0. The summed E-state index contributed by atoms with van der Waals surface area (Å²) in [6, 6.07) is 6.79. The summed E-state index contributed by atoms with van der Waals surface area (Å²) in [6.45, 7) is 5.59. The molecule has 0 spiro atoms. The third-order valence-corrected chi connectivity index (χ3v) is 3.92. The number of aryl methyl sites for hydroxylation is 1. The van der Waals surface area contributed by atoms with Crippen LogP contribution < -0.4 is 4.90 Å². The Bertz CT molecular complexity index is 363. The van der Waals surface area contributed by atoms with Gasteiger partial charge in [-0.1, -0.05) is 6.07 Å². The maximum atomic E-state index is 2.51. The molecule has 0 N–H and O–H groups in total. The molecule has 0 saturated carbocycles. The number of fused-ring (bicyclic) bond motifs is 1. The Hall–Kier alpha value is -0.670. The number of thioether (sulfide) groups is 1. The summed E-state index contributed by atoms with van der Waals surface area (Å²) >= 11 is 1.99. The van der Waals surface area contributed by atoms with E-state index in [1.165, 1.54) is 28.4 Å². The van der Waals surface area contributed by atoms with Gasteiger partial charge < -0.3 is 9.80 Å². The van der Waals surface area contributed by atoms with Crippen LogP contribution in [0.25, 0.3) is 0 Å². The smallest absolute Gasteiger partial charge is 0.0505 e. The van der Waals surface area contributed by atoms with Crippen LogP contribution in [0, 0.1) is 6.92 Å². The van der Waals surface area contributed by atoms with E-state index < -0.39 is 0 Å². The van der Waals surface area contributed by atoms with Crippen molar-refractivity contribution in [3.05, 3.63) is 23.8 Å². The quantitative estimate of drug-likeness (QED) is 0.796. The predicted molar refractivity (Wildman–Crippen MR) is 72.7 cm³/mol. The topological polar surface area (TPSA) is 6.48 Å². The molecule has 16 heavy (non-hydrogen) atoms. The first kappa shape index (κ1) is 11.8. The predicted octanol–water partition coefficient (Wildman–Crippen LogP) is 2.47. The fraction of sp³-hybridized carbons (Fsp3) is 0.538. The van der Waals surface area contributed by atoms with E-state index in [0.29, 0.717) is 0 Å². The van der Waals surface area contributed by atoms with Gasteiger partial charge in [0.05, 0.1) is 5.69 Å². The minimum absolute atomic E-state index is 1.12. The molecule has 2 rings (SSSR count). The summed E-state index contributed by atoms with van der Waals surface area (Å²) in [5.74, 6) is 1.21. The number of hydrogen-bond acceptors (Lipinski definition) is 3. The molecule has 3 heteroatoms. The Morgan fingerprint density at radius 3 is 2.94 bits per heavy atom. The summed E-state index contributed by atoms with van der Waals surface area (Å²) in [5, 5.41) is 0. The van der Waals surface area contributed by atoms with E-state index in [9.17, 15) is 0 Å². The number of likely N-dealkylation sites (N-methyl/N-ethyl adjacent to an activating group) is 1. The van der Waals surface area contributed by atoms with Gasteiger partial charge in [-0.3, -0.25) is 0 Å². The lowest BCUT2D eigenvalue weighted by Gasteiger charge is -2.32. The number of hydrogen-bond donors (Lipinski definition) is 0. The molecule has 1 aromatic rings. The van der Waals surface area contributed by atoms with Gasteiger partial charge in [0.25, 0.3) is 0 Å². The highest BCUT2D eigenvalue weighted by atomic mass is 32.2. The largest absolute Gasteiger partial charge is 0.369 e. The van der Waals surface area contributed by atoms with Gasteiger partial charge in [-0.25, -0.2) is 0 Å². The van der Waals surface area contributed by atoms with E-state index in [2.05, 4.69) is 49.0 Å². The van der Waals surface area contributed by atoms with Crippen molar-refractivity contribution in [2.45, 2.75) is 11.8 Å². The van der Waals surface area contributed by atoms with Crippen LogP contribution >= 0.6 is 11.8 Å². The maximum Gasteiger partial charge on any atom is 0.0505 e. The summed E-state index contributed by atoms with van der Waals surface area (Å²) in [4.78, 5) is 6.20. The number of nitrogens with zero attached hydrogens (tertiary/aromatic N) is 2. The van der Waals surface area contributed by atoms with Gasteiger partial charge in [0.1, 0.15) is 0 Å². The van der Waals surface area contributed by atoms with E-state index in [4.69, 9.17) is 0 Å². The molecule has 0 fully saturated rings. The molecule has 0 saturated heterocycles. The zero-order valence-electron chi connectivity index (χ0n) is 10.4. The van der Waals surface area contributed by atoms with Crippen molar-refractivity contribution >= 4 is 17.4 Å². The van der Waals surface area contributed by atoms with Crippen molar-refractivity contribution in [2.75, 3.05) is 44.4 Å². The van der Waals surface area contributed by atoms with E-state index >= 15 is 0 Å². The molecule has 0 radical (unpaired) electrons. The minimum Gasteiger partial charge on any atom is -0.369 e. The van der Waals surface area contributed by atoms with Crippen LogP contribution in [0.4, 0.5) is 5.69 Å². The van der Waals surface area contributed by atoms with Crippen molar-refractivity contribution in [3.63, 3.8) is 0 Å². The van der Waals surface area contributed by atoms with Crippen LogP contribution in [0.15, 0.2) is 23.1 Å². The van der Waals surface area contributed by atoms with Crippen molar-refractivity contribution in [2.24, 2.45) is 0 Å². The molecular formula is C13H20N2S. The fourth-order valence-corrected chi connectivity index (χ4v) is 3.08. The monoisotopic (exact) mass is 236 g/mol. The van der Waals surface area contributed by atoms with Gasteiger partial charge in [0, 0.05) is 30.3 Å². The lowest BCUT2D eigenvalue weighted by atomic mass is 10.2. The van der Waals surface area contributed by atoms with E-state index in [-0.39, 0.29) is 0 Å². The average molecular weight is 236 g/mol. The maximum absolute atomic E-state index is 2.51. The van der Waals surface area contributed by atoms with Gasteiger partial charge in [-0.15, -0.1) is 11.8 Å². The fourth-order valence-electron chi connectivity index (χ4n) is 1.94. The molecule has 88 valence electrons. The highest BCUT2D eigenvalue weighted by Crippen LogP contribution is 2.34. The zero-order valence-corrected chi connectivity index (χ0v) is 11.2. The summed E-state index contributed by atoms with van der Waals surface area (Å²) in [7, 11) is 4.27. The second kappa shape index (κ2) is 5.11. The zero-order chi connectivity index (χ0) is 11.5. The molecule has 0 atom stereocenters. The molecule has 2 nitrogen and oxygen atoms in total. The normalized spacial score (nSPS) is 15.4. The SMILES string of the molecule is Cc1ccc2c(c1)SCCN2CCN(C)C. The standard InChI is InChI=1S/C13H20N2S/c1-11-4-5-12-13(10-11)16-9-8-15(12)7-6-14(2)3/h4-5,10H,6-9H2,1-3H3. The van der Waals surface area contributed by atoms with E-state index in [1.807, 2.05) is 11.8 Å². The third-order valence-electron chi connectivity index (χ3n) is 2.89. The van der Waals surface area contributed by atoms with E-state index in [1.54, 1.807) is 0 Å². The van der Waals surface area contributed by atoms with Crippen LogP contribution in [-0.2, 0) is 0 Å². The average Bonchev–Trinajstić information content (AvgIpc) is 2.25. The first-order valence-electron chi connectivity index (χ1n) is 5.80. The summed E-state index contributed by atoms with van der Waals surface area (Å²) in [5.41, 5.74) is 2.78. The molecule has 0 aromatic heterocycles. The van der Waals surface area contributed by atoms with Gasteiger partial charge in [-0.2, -0.15) is 0 Å². The van der Waals surface area contributed by atoms with Crippen LogP contribution in [0.5, 0.6) is 0 Å². The Morgan fingerprint density at radius 1 is 1.38 bits per heavy atom. The Labute approximate surface area is 103 Å². The molecule has 1 heterocycles. The Kier molecular flexibility index (Phi) is 3.77. The lowest BCUT2D eigenvalue weighted by Crippen LogP contribution is -2.35. The van der Waals surface area contributed by atoms with Gasteiger partial charge >= 0.3 is 0 Å². The Balaban J connectivity index is 2.13. The minimum atomic E-state index is 1.12. The molecule has 0 bridgehead atoms. The highest BCUT2D eigenvalue weighted by Gasteiger charge is 2.16. The number of benzene rings is 1. The van der Waals surface area contributed by atoms with Crippen molar-refractivity contribution < 1.29 is 0 Å². The summed E-state index contributed by atoms with van der Waals surface area (Å²) < 4.78 is 0. The molecule has 1 aromatic carbocycles. The molecule has 0 aliphatic carbocycles. The van der Waals surface area contributed by atoms with Gasteiger partial charge in [0.15, 0.2) is 0 Å². The first-order chi connectivity index (χ1) is 7.66. The van der Waals surface area contributed by atoms with Crippen molar-refractivity contribution in [1.29, 1.82) is 0 Å². The van der Waals surface area contributed by atoms with Crippen molar-refractivity contribution in [3.8, 4) is 0 Å². The van der Waals surface area contributed by atoms with E-state index in [0.717, 1.165) is 13.1 Å². The lowest BCUT2D eigenvalue weighted by molar-refractivity contribution is 0.413. The van der Waals surface area contributed by atoms with Crippen LogP contribution in [0.2, 0.25) is 0 Å². The molecule has 0 amide bonds. The number of rotatable bonds is 3. The van der Waals surface area contributed by atoms with Crippen LogP contribution in [0.3, 0.4) is 0 Å². The second-order valence-electron chi connectivity index (χ2n) is 4.61. The first-order valence-corrected chi connectivity index (χ1v) is 6.78. The Morgan fingerprint density at radius 2 is 2.19 bits per heavy atom. The third kappa shape index (κ3) is 2.71. The van der Waals surface area contributed by atoms with Gasteiger partial charge in [-0.05, 0) is 38.7 Å². The molecule has 0 unspecified atom stereocenters. The second-order valence-corrected chi connectivity index (χ2v) is 5.75. The molecular weight excluding hydrogens is 216 g/mol. The molecule has 1 aliphatic heterocycles.